The van der Waals surface area contributed by atoms with Crippen molar-refractivity contribution < 1.29 is 13.3 Å². The minimum absolute atomic E-state index is 0.0703. The van der Waals surface area contributed by atoms with Crippen LogP contribution in [0.5, 0.6) is 0 Å². The van der Waals surface area contributed by atoms with Crippen molar-refractivity contribution in [2.24, 2.45) is 5.10 Å². The number of fused-ring (bicyclic) bond motifs is 2. The van der Waals surface area contributed by atoms with Gasteiger partial charge in [0.2, 0.25) is 9.84 Å². The van der Waals surface area contributed by atoms with Crippen LogP contribution in [0.25, 0.3) is 22.2 Å². The Morgan fingerprint density at radius 1 is 1.00 bits per heavy atom. The third-order valence-electron chi connectivity index (χ3n) is 5.40. The van der Waals surface area contributed by atoms with Gasteiger partial charge in [-0.2, -0.15) is 9.78 Å². The van der Waals surface area contributed by atoms with Gasteiger partial charge >= 0.3 is 0 Å². The molecule has 0 bridgehead atoms. The summed E-state index contributed by atoms with van der Waals surface area (Å²) in [5.74, 6) is -0.168. The number of rotatable bonds is 5. The maximum Gasteiger partial charge on any atom is 0.270 e. The Morgan fingerprint density at radius 3 is 2.43 bits per heavy atom. The fraction of sp³-hybridized carbons (Fsp3) is 0.0417. The molecule has 0 aliphatic carbocycles. The third kappa shape index (κ3) is 3.87. The molecule has 5 rings (SSSR count). The summed E-state index contributed by atoms with van der Waals surface area (Å²) in [6, 6.07) is 19.4. The van der Waals surface area contributed by atoms with Crippen molar-refractivity contribution in [1.82, 2.24) is 14.6 Å². The Morgan fingerprint density at radius 2 is 1.71 bits per heavy atom. The number of hydrogen-bond acceptors (Lipinski definition) is 8. The van der Waals surface area contributed by atoms with Crippen molar-refractivity contribution in [3.8, 4) is 0 Å². The van der Waals surface area contributed by atoms with Gasteiger partial charge in [-0.05, 0) is 36.8 Å². The Kier molecular flexibility index (Phi) is 5.25. The SMILES string of the molecule is Cc1cccc(S(=O)(=O)c2c(N)n(/N=C/c3cccc([N+](=O)[O-])c3)c3nc4ccccc4nc23)c1. The van der Waals surface area contributed by atoms with Crippen LogP contribution in [0.4, 0.5) is 11.5 Å². The molecular weight excluding hydrogens is 468 g/mol. The molecule has 0 radical (unpaired) electrons. The number of nitro groups is 1. The number of benzene rings is 3. The number of aromatic nitrogens is 3. The van der Waals surface area contributed by atoms with Gasteiger partial charge in [-0.25, -0.2) is 18.4 Å². The minimum atomic E-state index is -4.08. The van der Waals surface area contributed by atoms with E-state index in [0.29, 0.717) is 16.6 Å². The van der Waals surface area contributed by atoms with Crippen LogP contribution in [0.2, 0.25) is 0 Å². The van der Waals surface area contributed by atoms with E-state index in [1.54, 1.807) is 55.5 Å². The maximum absolute atomic E-state index is 13.7. The number of non-ortho nitro benzene ring substituents is 1. The molecule has 0 aliphatic heterocycles. The quantitative estimate of drug-likeness (QED) is 0.223. The predicted octanol–water partition coefficient (Wildman–Crippen LogP) is 4.10. The van der Waals surface area contributed by atoms with E-state index in [2.05, 4.69) is 15.1 Å². The molecule has 174 valence electrons. The topological polar surface area (TPSA) is 146 Å². The van der Waals surface area contributed by atoms with Crippen molar-refractivity contribution in [3.05, 3.63) is 94.0 Å². The molecule has 0 spiro atoms. The number of nitrogens with two attached hydrogens (primary N) is 1. The number of anilines is 1. The van der Waals surface area contributed by atoms with Gasteiger partial charge in [-0.1, -0.05) is 36.4 Å². The molecule has 2 N–H and O–H groups in total. The molecule has 10 nitrogen and oxygen atoms in total. The number of sulfone groups is 1. The van der Waals surface area contributed by atoms with E-state index in [9.17, 15) is 18.5 Å². The summed E-state index contributed by atoms with van der Waals surface area (Å²) in [4.78, 5) is 19.6. The van der Waals surface area contributed by atoms with Gasteiger partial charge in [0.25, 0.3) is 5.69 Å². The van der Waals surface area contributed by atoms with E-state index in [1.165, 1.54) is 35.2 Å². The predicted molar refractivity (Wildman–Crippen MR) is 132 cm³/mol. The van der Waals surface area contributed by atoms with Crippen molar-refractivity contribution >= 4 is 49.8 Å². The Labute approximate surface area is 199 Å². The van der Waals surface area contributed by atoms with E-state index < -0.39 is 14.8 Å². The Balaban J connectivity index is 1.77. The zero-order chi connectivity index (χ0) is 24.7. The largest absolute Gasteiger partial charge is 0.382 e. The van der Waals surface area contributed by atoms with E-state index in [-0.39, 0.29) is 32.5 Å². The molecule has 35 heavy (non-hydrogen) atoms. The summed E-state index contributed by atoms with van der Waals surface area (Å²) in [5, 5.41) is 15.4. The van der Waals surface area contributed by atoms with Crippen LogP contribution in [0.3, 0.4) is 0 Å². The Bertz CT molecular complexity index is 1780. The third-order valence-corrected chi connectivity index (χ3v) is 7.22. The molecule has 0 amide bonds. The zero-order valence-corrected chi connectivity index (χ0v) is 19.2. The molecule has 5 aromatic rings. The summed E-state index contributed by atoms with van der Waals surface area (Å²) in [6.07, 6.45) is 1.35. The number of para-hydroxylation sites is 2. The van der Waals surface area contributed by atoms with Crippen LogP contribution in [-0.2, 0) is 9.84 Å². The number of nitro benzene ring substituents is 1. The van der Waals surface area contributed by atoms with Crippen LogP contribution >= 0.6 is 0 Å². The first-order valence-corrected chi connectivity index (χ1v) is 11.9. The van der Waals surface area contributed by atoms with Crippen molar-refractivity contribution in [3.63, 3.8) is 0 Å². The van der Waals surface area contributed by atoms with Crippen LogP contribution in [0.15, 0.2) is 87.7 Å². The second-order valence-corrected chi connectivity index (χ2v) is 9.71. The van der Waals surface area contributed by atoms with Gasteiger partial charge < -0.3 is 5.73 Å². The van der Waals surface area contributed by atoms with Crippen molar-refractivity contribution in [2.45, 2.75) is 16.7 Å². The number of nitrogens with zero attached hydrogens (tertiary/aromatic N) is 5. The van der Waals surface area contributed by atoms with Crippen LogP contribution in [0, 0.1) is 17.0 Å². The summed E-state index contributed by atoms with van der Waals surface area (Å²) >= 11 is 0. The monoisotopic (exact) mass is 486 g/mol. The normalized spacial score (nSPS) is 12.0. The molecule has 0 atom stereocenters. The molecular formula is C24H18N6O4S. The standard InChI is InChI=1S/C24H18N6O4S/c1-15-6-4-9-18(12-15)35(33,34)22-21-24(28-20-11-3-2-10-19(20)27-21)29(23(22)25)26-14-16-7-5-8-17(13-16)30(31)32/h2-14H,25H2,1H3/b26-14+. The average molecular weight is 487 g/mol. The molecule has 0 aliphatic rings. The van der Waals surface area contributed by atoms with Crippen LogP contribution < -0.4 is 5.73 Å². The highest BCUT2D eigenvalue weighted by atomic mass is 32.2. The highest BCUT2D eigenvalue weighted by Crippen LogP contribution is 2.35. The number of hydrogen-bond donors (Lipinski definition) is 1. The molecule has 0 unspecified atom stereocenters. The summed E-state index contributed by atoms with van der Waals surface area (Å²) < 4.78 is 28.5. The lowest BCUT2D eigenvalue weighted by molar-refractivity contribution is -0.384. The fourth-order valence-electron chi connectivity index (χ4n) is 3.75. The lowest BCUT2D eigenvalue weighted by atomic mass is 10.2. The summed E-state index contributed by atoms with van der Waals surface area (Å²) in [6.45, 7) is 1.79. The molecule has 11 heteroatoms. The first-order chi connectivity index (χ1) is 16.8. The second kappa shape index (κ2) is 8.29. The average Bonchev–Trinajstić information content (AvgIpc) is 3.12. The van der Waals surface area contributed by atoms with Crippen molar-refractivity contribution in [2.75, 3.05) is 5.73 Å². The lowest BCUT2D eigenvalue weighted by Crippen LogP contribution is -2.07. The lowest BCUT2D eigenvalue weighted by Gasteiger charge is -2.06. The van der Waals surface area contributed by atoms with Gasteiger partial charge in [-0.15, -0.1) is 0 Å². The number of nitrogen functional groups attached to an aromatic ring is 1. The molecule has 0 saturated heterocycles. The summed E-state index contributed by atoms with van der Waals surface area (Å²) in [7, 11) is -4.08. The smallest absolute Gasteiger partial charge is 0.270 e. The van der Waals surface area contributed by atoms with Crippen LogP contribution in [-0.4, -0.2) is 34.2 Å². The van der Waals surface area contributed by atoms with Gasteiger partial charge in [0.05, 0.1) is 27.1 Å². The first-order valence-electron chi connectivity index (χ1n) is 10.4. The first kappa shape index (κ1) is 22.2. The highest BCUT2D eigenvalue weighted by Gasteiger charge is 2.30. The zero-order valence-electron chi connectivity index (χ0n) is 18.4. The highest BCUT2D eigenvalue weighted by molar-refractivity contribution is 7.92. The molecule has 0 saturated carbocycles. The van der Waals surface area contributed by atoms with E-state index in [0.717, 1.165) is 5.56 Å². The van der Waals surface area contributed by atoms with E-state index >= 15 is 0 Å². The van der Waals surface area contributed by atoms with E-state index in [4.69, 9.17) is 5.73 Å². The van der Waals surface area contributed by atoms with E-state index in [1.807, 2.05) is 0 Å². The van der Waals surface area contributed by atoms with Gasteiger partial charge in [0, 0.05) is 17.7 Å². The maximum atomic E-state index is 13.7. The minimum Gasteiger partial charge on any atom is -0.382 e. The Hall–Kier alpha value is -4.64. The van der Waals surface area contributed by atoms with Gasteiger partial charge in [0.1, 0.15) is 16.2 Å². The summed E-state index contributed by atoms with van der Waals surface area (Å²) in [5.41, 5.74) is 8.72. The molecule has 2 heterocycles. The molecule has 2 aromatic heterocycles. The van der Waals surface area contributed by atoms with Crippen molar-refractivity contribution in [1.29, 1.82) is 0 Å². The van der Waals surface area contributed by atoms with Gasteiger partial charge in [0.15, 0.2) is 5.65 Å². The van der Waals surface area contributed by atoms with Crippen LogP contribution in [0.1, 0.15) is 11.1 Å². The molecule has 0 fully saturated rings. The number of aryl methyl sites for hydroxylation is 1. The second-order valence-electron chi connectivity index (χ2n) is 7.83. The fourth-order valence-corrected chi connectivity index (χ4v) is 5.34. The van der Waals surface area contributed by atoms with Gasteiger partial charge in [-0.3, -0.25) is 10.1 Å². The molecule has 3 aromatic carbocycles.